The number of fused-ring (bicyclic) bond motifs is 8. The Hall–Kier alpha value is -9.08. The van der Waals surface area contributed by atoms with E-state index >= 15 is 0 Å². The zero-order chi connectivity index (χ0) is 58.6. The molecule has 4 aromatic carbocycles. The number of aromatic nitrogens is 4. The van der Waals surface area contributed by atoms with Gasteiger partial charge in [0.1, 0.15) is 23.0 Å². The number of nitrogens with one attached hydrogen (secondary N) is 2. The molecule has 7 aromatic rings. The molecular formula is C76H78N4O4. The van der Waals surface area contributed by atoms with Gasteiger partial charge in [-0.3, -0.25) is 0 Å². The van der Waals surface area contributed by atoms with Crippen molar-refractivity contribution in [2.45, 2.75) is 130 Å². The van der Waals surface area contributed by atoms with E-state index in [1.165, 1.54) is 0 Å². The van der Waals surface area contributed by atoms with Crippen LogP contribution < -0.4 is 18.9 Å². The summed E-state index contributed by atoms with van der Waals surface area (Å²) in [6, 6.07) is 32.5. The number of unbranched alkanes of at least 4 members (excludes halogenated alkanes) is 12. The molecule has 0 saturated carbocycles. The molecule has 2 aliphatic rings. The Labute approximate surface area is 498 Å². The van der Waals surface area contributed by atoms with Crippen molar-refractivity contribution in [3.8, 4) is 117 Å². The summed E-state index contributed by atoms with van der Waals surface area (Å²) < 4.78 is 26.0. The van der Waals surface area contributed by atoms with Gasteiger partial charge in [0.05, 0.1) is 49.2 Å². The Kier molecular flexibility index (Phi) is 21.1. The Balaban J connectivity index is 1.38. The average Bonchev–Trinajstić information content (AvgIpc) is 3.46. The van der Waals surface area contributed by atoms with Crippen LogP contribution in [0.25, 0.3) is 90.9 Å². The standard InChI is InChI=1S/C76H78N4O4/c1-9-17-21-25-37-81-61-45-53(13-5)41-57(49-61)73-65-29-31-67(77-65)74(58-42-54(14-6)46-62(50-58)82-38-26-22-18-10-2)69-33-35-71(79-69)76(60-44-56(16-8)48-64(52-60)84-40-28-24-20-12-4)72-36-34-70(80-72)75(68-32-30-66(73)78-68)59-43-55(15-7)47-63(51-59)83-39-27-23-19-11-3/h5-8,29-36,41-52,77,80H,9-12,17-28,37-40H2,1-4H3. The fourth-order valence-corrected chi connectivity index (χ4v) is 10.9. The topological polar surface area (TPSA) is 94.3 Å². The summed E-state index contributed by atoms with van der Waals surface area (Å²) in [5, 5.41) is 0. The molecule has 2 aliphatic heterocycles. The maximum absolute atomic E-state index is 6.49. The van der Waals surface area contributed by atoms with E-state index in [4.69, 9.17) is 54.6 Å². The average molecular weight is 1110 g/mol. The van der Waals surface area contributed by atoms with Gasteiger partial charge in [-0.05, 0) is 169 Å². The molecule has 0 unspecified atom stereocenters. The zero-order valence-electron chi connectivity index (χ0n) is 49.5. The zero-order valence-corrected chi connectivity index (χ0v) is 49.5. The minimum Gasteiger partial charge on any atom is -0.494 e. The van der Waals surface area contributed by atoms with Crippen LogP contribution in [0.2, 0.25) is 0 Å². The van der Waals surface area contributed by atoms with E-state index in [1.54, 1.807) is 0 Å². The molecule has 8 heteroatoms. The molecule has 426 valence electrons. The van der Waals surface area contributed by atoms with Crippen LogP contribution in [0, 0.1) is 49.4 Å². The second-order valence-corrected chi connectivity index (χ2v) is 21.7. The molecule has 0 atom stereocenters. The Morgan fingerprint density at radius 2 is 0.560 bits per heavy atom. The van der Waals surface area contributed by atoms with E-state index in [0.717, 1.165) is 169 Å². The number of aromatic amines is 2. The first kappa shape index (κ1) is 59.5. The van der Waals surface area contributed by atoms with Gasteiger partial charge in [0.15, 0.2) is 0 Å². The molecule has 0 spiro atoms. The maximum atomic E-state index is 6.49. The predicted octanol–water partition coefficient (Wildman–Crippen LogP) is 19.1. The van der Waals surface area contributed by atoms with Crippen molar-refractivity contribution in [1.29, 1.82) is 0 Å². The van der Waals surface area contributed by atoms with Crippen LogP contribution in [0.5, 0.6) is 23.0 Å². The normalized spacial score (nSPS) is 11.4. The van der Waals surface area contributed by atoms with Crippen molar-refractivity contribution in [2.75, 3.05) is 26.4 Å². The summed E-state index contributed by atoms with van der Waals surface area (Å²) in [6.07, 6.45) is 50.5. The molecule has 0 amide bonds. The lowest BCUT2D eigenvalue weighted by Gasteiger charge is -2.12. The van der Waals surface area contributed by atoms with Crippen LogP contribution in [0.3, 0.4) is 0 Å². The molecule has 8 nitrogen and oxygen atoms in total. The number of ether oxygens (including phenoxy) is 4. The summed E-state index contributed by atoms with van der Waals surface area (Å²) in [5.74, 6) is 14.4. The van der Waals surface area contributed by atoms with Crippen LogP contribution in [-0.2, 0) is 0 Å². The third-order valence-corrected chi connectivity index (χ3v) is 15.3. The highest BCUT2D eigenvalue weighted by atomic mass is 16.5. The molecule has 5 heterocycles. The molecule has 0 radical (unpaired) electrons. The summed E-state index contributed by atoms with van der Waals surface area (Å²) in [6.45, 7) is 11.1. The van der Waals surface area contributed by atoms with E-state index in [1.807, 2.05) is 48.5 Å². The van der Waals surface area contributed by atoms with Crippen molar-refractivity contribution < 1.29 is 18.9 Å². The van der Waals surface area contributed by atoms with Gasteiger partial charge in [0.2, 0.25) is 0 Å². The first-order chi connectivity index (χ1) is 41.3. The second-order valence-electron chi connectivity index (χ2n) is 21.7. The number of rotatable bonds is 28. The number of hydrogen-bond acceptors (Lipinski definition) is 6. The van der Waals surface area contributed by atoms with Gasteiger partial charge in [0, 0.05) is 66.6 Å². The summed E-state index contributed by atoms with van der Waals surface area (Å²) in [7, 11) is 0. The van der Waals surface area contributed by atoms with Crippen molar-refractivity contribution in [3.05, 3.63) is 142 Å². The van der Waals surface area contributed by atoms with Gasteiger partial charge >= 0.3 is 0 Å². The lowest BCUT2D eigenvalue weighted by Crippen LogP contribution is -1.99. The Bertz CT molecular complexity index is 3390. The second kappa shape index (κ2) is 29.8. The van der Waals surface area contributed by atoms with Crippen molar-refractivity contribution >= 4 is 46.4 Å². The van der Waals surface area contributed by atoms with Gasteiger partial charge in [-0.1, -0.05) is 128 Å². The number of benzene rings is 4. The van der Waals surface area contributed by atoms with Gasteiger partial charge in [0.25, 0.3) is 0 Å². The predicted molar refractivity (Wildman–Crippen MR) is 351 cm³/mol. The van der Waals surface area contributed by atoms with Crippen molar-refractivity contribution in [1.82, 2.24) is 19.9 Å². The number of nitrogens with zero attached hydrogens (tertiary/aromatic N) is 2. The molecule has 2 N–H and O–H groups in total. The van der Waals surface area contributed by atoms with E-state index in [2.05, 4.69) is 134 Å². The lowest BCUT2D eigenvalue weighted by molar-refractivity contribution is 0.305. The quantitative estimate of drug-likeness (QED) is 0.0375. The van der Waals surface area contributed by atoms with Gasteiger partial charge in [-0.25, -0.2) is 9.97 Å². The Morgan fingerprint density at radius 3 is 0.774 bits per heavy atom. The maximum Gasteiger partial charge on any atom is 0.121 e. The van der Waals surface area contributed by atoms with Crippen molar-refractivity contribution in [3.63, 3.8) is 0 Å². The van der Waals surface area contributed by atoms with Gasteiger partial charge < -0.3 is 28.9 Å². The fourth-order valence-electron chi connectivity index (χ4n) is 10.9. The first-order valence-corrected chi connectivity index (χ1v) is 30.4. The molecule has 8 bridgehead atoms. The van der Waals surface area contributed by atoms with E-state index in [0.29, 0.717) is 94.5 Å². The number of H-pyrrole nitrogens is 2. The van der Waals surface area contributed by atoms with Crippen LogP contribution in [0.1, 0.15) is 175 Å². The van der Waals surface area contributed by atoms with Crippen LogP contribution in [0.4, 0.5) is 0 Å². The van der Waals surface area contributed by atoms with Gasteiger partial charge in [-0.2, -0.15) is 0 Å². The smallest absolute Gasteiger partial charge is 0.121 e. The molecule has 84 heavy (non-hydrogen) atoms. The Morgan fingerprint density at radius 1 is 0.321 bits per heavy atom. The number of hydrogen-bond donors (Lipinski definition) is 2. The van der Waals surface area contributed by atoms with E-state index in [-0.39, 0.29) is 0 Å². The SMILES string of the molecule is C#Cc1cc(OCCCCCC)cc(-c2c3nc(c(-c4cc(C#C)cc(OCCCCCC)c4)c4ccc([nH]4)c(-c4cc(C#C)cc(OCCCCCC)c4)c4nc(c(-c5cc(C#C)cc(OCCCCCC)c5)c5ccc2[nH]5)C=C4)C=C3)c1. The molecular weight excluding hydrogens is 1030 g/mol. The molecule has 9 rings (SSSR count). The van der Waals surface area contributed by atoms with Crippen LogP contribution >= 0.6 is 0 Å². The molecule has 0 saturated heterocycles. The highest BCUT2D eigenvalue weighted by Gasteiger charge is 2.22. The third-order valence-electron chi connectivity index (χ3n) is 15.3. The molecule has 0 fully saturated rings. The summed E-state index contributed by atoms with van der Waals surface area (Å²) in [5.41, 5.74) is 15.4. The third kappa shape index (κ3) is 14.9. The van der Waals surface area contributed by atoms with Crippen molar-refractivity contribution in [2.24, 2.45) is 0 Å². The van der Waals surface area contributed by atoms with E-state index in [9.17, 15) is 0 Å². The highest BCUT2D eigenvalue weighted by molar-refractivity contribution is 6.00. The first-order valence-electron chi connectivity index (χ1n) is 30.4. The number of terminal acetylenes is 4. The van der Waals surface area contributed by atoms with Gasteiger partial charge in [-0.15, -0.1) is 25.7 Å². The summed E-state index contributed by atoms with van der Waals surface area (Å²) in [4.78, 5) is 19.0. The largest absolute Gasteiger partial charge is 0.494 e. The lowest BCUT2D eigenvalue weighted by atomic mass is 10.0. The summed E-state index contributed by atoms with van der Waals surface area (Å²) >= 11 is 0. The monoisotopic (exact) mass is 1110 g/mol. The molecule has 0 aliphatic carbocycles. The highest BCUT2D eigenvalue weighted by Crippen LogP contribution is 2.41. The van der Waals surface area contributed by atoms with E-state index < -0.39 is 0 Å². The van der Waals surface area contributed by atoms with Crippen LogP contribution in [0.15, 0.2) is 97.1 Å². The minimum absolute atomic E-state index is 0.572. The minimum atomic E-state index is 0.572. The fraction of sp³-hybridized carbons (Fsp3) is 0.316. The molecule has 3 aromatic heterocycles. The van der Waals surface area contributed by atoms with Crippen LogP contribution in [-0.4, -0.2) is 46.4 Å².